The van der Waals surface area contributed by atoms with Gasteiger partial charge in [-0.25, -0.2) is 13.4 Å². The van der Waals surface area contributed by atoms with Crippen LogP contribution in [0.3, 0.4) is 0 Å². The van der Waals surface area contributed by atoms with Gasteiger partial charge < -0.3 is 4.90 Å². The van der Waals surface area contributed by atoms with E-state index in [1.165, 1.54) is 10.1 Å². The maximum Gasteiger partial charge on any atom is 0.223 e. The molecule has 1 aromatic carbocycles. The van der Waals surface area contributed by atoms with E-state index in [0.29, 0.717) is 6.54 Å². The van der Waals surface area contributed by atoms with E-state index in [-0.39, 0.29) is 29.9 Å². The summed E-state index contributed by atoms with van der Waals surface area (Å²) in [5, 5.41) is 2.34. The van der Waals surface area contributed by atoms with Gasteiger partial charge in [0.1, 0.15) is 0 Å². The van der Waals surface area contributed by atoms with Gasteiger partial charge in [0.2, 0.25) is 5.91 Å². The number of nitrogens with zero attached hydrogens (tertiary/aromatic N) is 2. The Hall–Kier alpha value is -1.73. The maximum absolute atomic E-state index is 12.6. The normalized spacial score (nSPS) is 25.5. The van der Waals surface area contributed by atoms with Crippen LogP contribution in [0.1, 0.15) is 30.2 Å². The van der Waals surface area contributed by atoms with Crippen molar-refractivity contribution in [2.45, 2.75) is 25.2 Å². The summed E-state index contributed by atoms with van der Waals surface area (Å²) in [5.41, 5.74) is 1.02. The second kappa shape index (κ2) is 6.53. The molecule has 7 heteroatoms. The van der Waals surface area contributed by atoms with Gasteiger partial charge in [0.15, 0.2) is 9.84 Å². The van der Waals surface area contributed by atoms with Gasteiger partial charge in [0.25, 0.3) is 0 Å². The Balaban J connectivity index is 1.43. The van der Waals surface area contributed by atoms with Crippen molar-refractivity contribution >= 4 is 37.3 Å². The molecule has 1 fully saturated rings. The highest BCUT2D eigenvalue weighted by Crippen LogP contribution is 2.33. The third-order valence-corrected chi connectivity index (χ3v) is 7.54. The van der Waals surface area contributed by atoms with Gasteiger partial charge in [0.05, 0.1) is 21.0 Å². The zero-order chi connectivity index (χ0) is 17.4. The second-order valence-electron chi connectivity index (χ2n) is 6.82. The lowest BCUT2D eigenvalue weighted by molar-refractivity contribution is -0.132. The molecule has 0 radical (unpaired) electrons. The highest BCUT2D eigenvalue weighted by atomic mass is 32.2. The quantitative estimate of drug-likeness (QED) is 0.826. The molecule has 2 aliphatic heterocycles. The number of para-hydroxylation sites is 1. The first-order chi connectivity index (χ1) is 12.0. The van der Waals surface area contributed by atoms with Crippen LogP contribution in [0, 0.1) is 5.92 Å². The molecular weight excluding hydrogens is 356 g/mol. The van der Waals surface area contributed by atoms with E-state index in [1.807, 2.05) is 23.1 Å². The fourth-order valence-electron chi connectivity index (χ4n) is 3.59. The molecular formula is C18H20N2O3S2. The third-order valence-electron chi connectivity index (χ3n) is 4.88. The Morgan fingerprint density at radius 2 is 2.16 bits per heavy atom. The highest BCUT2D eigenvalue weighted by Gasteiger charge is 2.30. The summed E-state index contributed by atoms with van der Waals surface area (Å²) in [7, 11) is -3.10. The lowest BCUT2D eigenvalue weighted by atomic mass is 9.97. The van der Waals surface area contributed by atoms with Crippen LogP contribution in [0.2, 0.25) is 0 Å². The number of amides is 1. The van der Waals surface area contributed by atoms with Crippen LogP contribution in [0.4, 0.5) is 0 Å². The lowest BCUT2D eigenvalue weighted by Gasteiger charge is -2.32. The molecule has 1 saturated heterocycles. The summed E-state index contributed by atoms with van der Waals surface area (Å²) < 4.78 is 24.2. The number of hydrogen-bond donors (Lipinski definition) is 0. The number of piperidine rings is 1. The molecule has 0 saturated carbocycles. The Morgan fingerprint density at radius 3 is 2.92 bits per heavy atom. The summed E-state index contributed by atoms with van der Waals surface area (Å²) in [5.74, 6) is 0.212. The van der Waals surface area contributed by atoms with Gasteiger partial charge in [0, 0.05) is 36.8 Å². The number of benzene rings is 1. The first-order valence-corrected chi connectivity index (χ1v) is 11.1. The molecule has 1 amide bonds. The van der Waals surface area contributed by atoms with Crippen molar-refractivity contribution in [2.75, 3.05) is 18.8 Å². The molecule has 5 nitrogen and oxygen atoms in total. The monoisotopic (exact) mass is 376 g/mol. The molecule has 25 heavy (non-hydrogen) atoms. The largest absolute Gasteiger partial charge is 0.342 e. The number of thiazole rings is 1. The van der Waals surface area contributed by atoms with E-state index in [4.69, 9.17) is 4.98 Å². The summed E-state index contributed by atoms with van der Waals surface area (Å²) in [6.45, 7) is 1.44. The van der Waals surface area contributed by atoms with E-state index in [2.05, 4.69) is 6.07 Å². The minimum Gasteiger partial charge on any atom is -0.342 e. The molecule has 0 N–H and O–H groups in total. The Kier molecular flexibility index (Phi) is 4.37. The Morgan fingerprint density at radius 1 is 1.32 bits per heavy atom. The van der Waals surface area contributed by atoms with Crippen LogP contribution < -0.4 is 0 Å². The first kappa shape index (κ1) is 16.7. The predicted octanol–water partition coefficient (Wildman–Crippen LogP) is 2.95. The van der Waals surface area contributed by atoms with E-state index >= 15 is 0 Å². The van der Waals surface area contributed by atoms with Crippen LogP contribution in [-0.4, -0.2) is 43.1 Å². The standard InChI is InChI=1S/C18H20N2O3S2/c21-17(10-13-7-9-25(22,23)12-13)20-8-3-4-14(11-20)18-19-15-5-1-2-6-16(15)24-18/h1-2,5-7,9,13-14H,3-4,8,10-12H2/t13-,14-/m0/s1. The number of likely N-dealkylation sites (tertiary alicyclic amines) is 1. The van der Waals surface area contributed by atoms with Crippen molar-refractivity contribution in [1.29, 1.82) is 0 Å². The highest BCUT2D eigenvalue weighted by molar-refractivity contribution is 7.94. The maximum atomic E-state index is 12.6. The summed E-state index contributed by atoms with van der Waals surface area (Å²) in [6.07, 6.45) is 3.94. The van der Waals surface area contributed by atoms with Crippen molar-refractivity contribution in [1.82, 2.24) is 9.88 Å². The average Bonchev–Trinajstić information content (AvgIpc) is 3.18. The van der Waals surface area contributed by atoms with Crippen LogP contribution in [-0.2, 0) is 14.6 Å². The van der Waals surface area contributed by atoms with Crippen LogP contribution in [0.5, 0.6) is 0 Å². The zero-order valence-electron chi connectivity index (χ0n) is 13.8. The van der Waals surface area contributed by atoms with Gasteiger partial charge in [-0.1, -0.05) is 18.2 Å². The van der Waals surface area contributed by atoms with Crippen molar-refractivity contribution in [2.24, 2.45) is 5.92 Å². The summed E-state index contributed by atoms with van der Waals surface area (Å²) in [4.78, 5) is 19.2. The van der Waals surface area contributed by atoms with E-state index in [1.54, 1.807) is 17.4 Å². The van der Waals surface area contributed by atoms with Gasteiger partial charge >= 0.3 is 0 Å². The van der Waals surface area contributed by atoms with Crippen LogP contribution >= 0.6 is 11.3 Å². The average molecular weight is 377 g/mol. The SMILES string of the molecule is O=C(C[C@@H]1C=CS(=O)(=O)C1)N1CCC[C@H](c2nc3ccccc3s2)C1. The Labute approximate surface area is 151 Å². The number of carbonyl (C=O) groups excluding carboxylic acids is 1. The number of rotatable bonds is 3. The van der Waals surface area contributed by atoms with E-state index in [0.717, 1.165) is 29.9 Å². The number of fused-ring (bicyclic) bond motifs is 1. The van der Waals surface area contributed by atoms with E-state index in [9.17, 15) is 13.2 Å². The zero-order valence-corrected chi connectivity index (χ0v) is 15.4. The van der Waals surface area contributed by atoms with E-state index < -0.39 is 9.84 Å². The second-order valence-corrected chi connectivity index (χ2v) is 9.81. The molecule has 0 bridgehead atoms. The number of aromatic nitrogens is 1. The topological polar surface area (TPSA) is 67.3 Å². The van der Waals surface area contributed by atoms with Gasteiger partial charge in [-0.2, -0.15) is 0 Å². The molecule has 1 aromatic heterocycles. The lowest BCUT2D eigenvalue weighted by Crippen LogP contribution is -2.39. The molecule has 4 rings (SSSR count). The Bertz CT molecular complexity index is 900. The van der Waals surface area contributed by atoms with Crippen molar-refractivity contribution in [3.05, 3.63) is 40.8 Å². The fourth-order valence-corrected chi connectivity index (χ4v) is 6.08. The fraction of sp³-hybridized carbons (Fsp3) is 0.444. The minimum atomic E-state index is -3.10. The molecule has 2 aliphatic rings. The van der Waals surface area contributed by atoms with Crippen molar-refractivity contribution < 1.29 is 13.2 Å². The van der Waals surface area contributed by atoms with Gasteiger partial charge in [-0.05, 0) is 25.0 Å². The molecule has 0 unspecified atom stereocenters. The molecule has 2 aromatic rings. The molecule has 3 heterocycles. The summed E-state index contributed by atoms with van der Waals surface area (Å²) >= 11 is 1.71. The van der Waals surface area contributed by atoms with Crippen LogP contribution in [0.15, 0.2) is 35.7 Å². The van der Waals surface area contributed by atoms with Crippen molar-refractivity contribution in [3.63, 3.8) is 0 Å². The number of allylic oxidation sites excluding steroid dienone is 1. The van der Waals surface area contributed by atoms with Crippen molar-refractivity contribution in [3.8, 4) is 0 Å². The molecule has 0 aliphatic carbocycles. The molecule has 132 valence electrons. The number of hydrogen-bond acceptors (Lipinski definition) is 5. The van der Waals surface area contributed by atoms with Gasteiger partial charge in [-0.3, -0.25) is 4.79 Å². The molecule has 2 atom stereocenters. The first-order valence-electron chi connectivity index (χ1n) is 8.54. The summed E-state index contributed by atoms with van der Waals surface area (Å²) in [6, 6.07) is 8.11. The number of carbonyl (C=O) groups is 1. The number of sulfone groups is 1. The third kappa shape index (κ3) is 3.62. The predicted molar refractivity (Wildman–Crippen MR) is 99.2 cm³/mol. The molecule has 0 spiro atoms. The van der Waals surface area contributed by atoms with Gasteiger partial charge in [-0.15, -0.1) is 11.3 Å². The smallest absolute Gasteiger partial charge is 0.223 e. The van der Waals surface area contributed by atoms with Crippen LogP contribution in [0.25, 0.3) is 10.2 Å². The minimum absolute atomic E-state index is 0.0533.